The third-order valence-corrected chi connectivity index (χ3v) is 7.78. The van der Waals surface area contributed by atoms with E-state index in [1.807, 2.05) is 0 Å². The minimum Gasteiger partial charge on any atom is -0.508 e. The molecule has 13 nitrogen and oxygen atoms in total. The average Bonchev–Trinajstić information content (AvgIpc) is 2.96. The lowest BCUT2D eigenvalue weighted by atomic mass is 9.78. The zero-order chi connectivity index (χ0) is 30.9. The van der Waals surface area contributed by atoms with Crippen molar-refractivity contribution >= 4 is 0 Å². The van der Waals surface area contributed by atoms with Crippen LogP contribution in [0.4, 0.5) is 0 Å². The maximum Gasteiger partial charge on any atom is 0.200 e. The fourth-order valence-corrected chi connectivity index (χ4v) is 5.65. The third kappa shape index (κ3) is 4.46. The fraction of sp³-hybridized carbons (Fsp3) is 0.200. The number of rotatable bonds is 3. The van der Waals surface area contributed by atoms with E-state index in [2.05, 4.69) is 0 Å². The van der Waals surface area contributed by atoms with Crippen molar-refractivity contribution in [3.8, 4) is 57.5 Å². The van der Waals surface area contributed by atoms with Crippen LogP contribution in [0.5, 0.6) is 57.5 Å². The predicted molar refractivity (Wildman–Crippen MR) is 145 cm³/mol. The van der Waals surface area contributed by atoms with Crippen LogP contribution in [0.1, 0.15) is 52.0 Å². The summed E-state index contributed by atoms with van der Waals surface area (Å²) in [5.74, 6) is -5.94. The Labute approximate surface area is 242 Å². The van der Waals surface area contributed by atoms with E-state index < -0.39 is 76.7 Å². The maximum atomic E-state index is 11.6. The van der Waals surface area contributed by atoms with Crippen LogP contribution in [0.3, 0.4) is 0 Å². The Kier molecular flexibility index (Phi) is 6.45. The van der Waals surface area contributed by atoms with E-state index in [4.69, 9.17) is 9.47 Å². The first-order chi connectivity index (χ1) is 20.3. The Hall–Kier alpha value is -5.24. The molecular formula is C30H26O13. The van der Waals surface area contributed by atoms with Crippen LogP contribution in [-0.2, 0) is 0 Å². The van der Waals surface area contributed by atoms with Gasteiger partial charge in [-0.05, 0) is 36.4 Å². The average molecular weight is 595 g/mol. The topological polar surface area (TPSA) is 241 Å². The van der Waals surface area contributed by atoms with Crippen LogP contribution in [-0.4, -0.2) is 68.4 Å². The van der Waals surface area contributed by atoms with Gasteiger partial charge in [0.25, 0.3) is 0 Å². The molecule has 0 amide bonds. The normalized spacial score (nSPS) is 24.3. The number of aliphatic hydroxyl groups excluding tert-OH is 3. The van der Waals surface area contributed by atoms with E-state index in [1.54, 1.807) is 0 Å². The van der Waals surface area contributed by atoms with Gasteiger partial charge in [0.2, 0.25) is 0 Å². The number of phenolic OH excluding ortho intramolecular Hbond substituents is 8. The number of aromatic hydroxyl groups is 8. The number of hydrogen-bond donors (Lipinski definition) is 11. The van der Waals surface area contributed by atoms with Crippen molar-refractivity contribution in [1.82, 2.24) is 0 Å². The lowest BCUT2D eigenvalue weighted by molar-refractivity contribution is -0.0703. The van der Waals surface area contributed by atoms with Crippen LogP contribution >= 0.6 is 0 Å². The molecule has 0 fully saturated rings. The Morgan fingerprint density at radius 3 is 1.49 bits per heavy atom. The molecule has 13 heteroatoms. The van der Waals surface area contributed by atoms with Crippen molar-refractivity contribution in [1.29, 1.82) is 0 Å². The van der Waals surface area contributed by atoms with Crippen LogP contribution in [0, 0.1) is 0 Å². The monoisotopic (exact) mass is 594 g/mol. The van der Waals surface area contributed by atoms with Crippen molar-refractivity contribution in [3.05, 3.63) is 82.4 Å². The highest BCUT2D eigenvalue weighted by molar-refractivity contribution is 5.59. The van der Waals surface area contributed by atoms with Gasteiger partial charge in [-0.15, -0.1) is 0 Å². The second kappa shape index (κ2) is 9.94. The van der Waals surface area contributed by atoms with Crippen molar-refractivity contribution < 1.29 is 65.6 Å². The maximum absolute atomic E-state index is 11.6. The molecule has 2 aliphatic heterocycles. The summed E-state index contributed by atoms with van der Waals surface area (Å²) >= 11 is 0. The molecule has 0 spiro atoms. The molecule has 2 heterocycles. The van der Waals surface area contributed by atoms with Crippen molar-refractivity contribution in [2.45, 2.75) is 36.4 Å². The molecule has 0 saturated heterocycles. The molecule has 224 valence electrons. The molecule has 0 unspecified atom stereocenters. The van der Waals surface area contributed by atoms with Crippen LogP contribution < -0.4 is 9.47 Å². The largest absolute Gasteiger partial charge is 0.508 e. The second-order valence-electron chi connectivity index (χ2n) is 10.5. The molecule has 4 aromatic rings. The van der Waals surface area contributed by atoms with E-state index in [9.17, 15) is 56.2 Å². The number of hydrogen-bond acceptors (Lipinski definition) is 13. The molecule has 0 radical (unpaired) electrons. The van der Waals surface area contributed by atoms with Crippen molar-refractivity contribution in [2.24, 2.45) is 0 Å². The SMILES string of the molecule is Oc1ccc2c(c1)O[C@H](c1cc(O)c(O)c(O)c1)[C@@H](O)[C@@H]2c1cc2c(cc1O)O[C@@H](c1cc(O)c(O)c(O)c1)[C@@H](O)[C@@H]2O. The van der Waals surface area contributed by atoms with Crippen LogP contribution in [0.25, 0.3) is 0 Å². The van der Waals surface area contributed by atoms with Gasteiger partial charge in [0.15, 0.2) is 46.7 Å². The van der Waals surface area contributed by atoms with Gasteiger partial charge in [-0.2, -0.15) is 0 Å². The third-order valence-electron chi connectivity index (χ3n) is 7.78. The Balaban J connectivity index is 1.45. The molecule has 0 aromatic heterocycles. The minimum atomic E-state index is -1.65. The molecule has 0 aliphatic carbocycles. The van der Waals surface area contributed by atoms with Gasteiger partial charge in [-0.1, -0.05) is 6.07 Å². The molecule has 6 atom stereocenters. The Morgan fingerprint density at radius 1 is 0.465 bits per heavy atom. The van der Waals surface area contributed by atoms with Crippen LogP contribution in [0.2, 0.25) is 0 Å². The van der Waals surface area contributed by atoms with Gasteiger partial charge < -0.3 is 65.6 Å². The minimum absolute atomic E-state index is 0.0189. The summed E-state index contributed by atoms with van der Waals surface area (Å²) in [6.45, 7) is 0. The van der Waals surface area contributed by atoms with E-state index in [-0.39, 0.29) is 39.5 Å². The zero-order valence-electron chi connectivity index (χ0n) is 21.9. The highest BCUT2D eigenvalue weighted by Crippen LogP contribution is 2.53. The lowest BCUT2D eigenvalue weighted by Crippen LogP contribution is -2.36. The van der Waals surface area contributed by atoms with Gasteiger partial charge in [0.1, 0.15) is 41.3 Å². The van der Waals surface area contributed by atoms with Crippen molar-refractivity contribution in [3.63, 3.8) is 0 Å². The van der Waals surface area contributed by atoms with Crippen molar-refractivity contribution in [2.75, 3.05) is 0 Å². The molecular weight excluding hydrogens is 568 g/mol. The Bertz CT molecular complexity index is 1710. The van der Waals surface area contributed by atoms with E-state index in [0.29, 0.717) is 5.56 Å². The molecule has 0 saturated carbocycles. The zero-order valence-corrected chi connectivity index (χ0v) is 21.9. The number of aliphatic hydroxyl groups is 3. The fourth-order valence-electron chi connectivity index (χ4n) is 5.65. The molecule has 2 aliphatic rings. The first kappa shape index (κ1) is 27.9. The number of ether oxygens (including phenoxy) is 2. The van der Waals surface area contributed by atoms with Gasteiger partial charge in [0, 0.05) is 45.9 Å². The molecule has 0 bridgehead atoms. The van der Waals surface area contributed by atoms with Crippen LogP contribution in [0.15, 0.2) is 54.6 Å². The smallest absolute Gasteiger partial charge is 0.200 e. The van der Waals surface area contributed by atoms with E-state index in [1.165, 1.54) is 24.3 Å². The number of benzene rings is 4. The van der Waals surface area contributed by atoms with Gasteiger partial charge in [-0.25, -0.2) is 0 Å². The lowest BCUT2D eigenvalue weighted by Gasteiger charge is -2.39. The summed E-state index contributed by atoms with van der Waals surface area (Å²) in [7, 11) is 0. The molecule has 4 aromatic carbocycles. The van der Waals surface area contributed by atoms with Gasteiger partial charge >= 0.3 is 0 Å². The molecule has 6 rings (SSSR count). The standard InChI is InChI=1S/C30H26O13/c31-12-1-2-13-21(7-12)42-29(10-3-17(33)25(38)18(34)4-10)27(40)23(13)14-8-15-22(9-16(14)32)43-30(28(41)24(15)37)11-5-19(35)26(39)20(36)6-11/h1-9,23-24,27-41H/t23-,24+,27-,28-,29+,30-/m0/s1. The first-order valence-corrected chi connectivity index (χ1v) is 12.9. The Morgan fingerprint density at radius 2 is 0.953 bits per heavy atom. The number of fused-ring (bicyclic) bond motifs is 2. The highest BCUT2D eigenvalue weighted by Gasteiger charge is 2.43. The summed E-state index contributed by atoms with van der Waals surface area (Å²) < 4.78 is 11.8. The van der Waals surface area contributed by atoms with Gasteiger partial charge in [-0.3, -0.25) is 0 Å². The molecule has 43 heavy (non-hydrogen) atoms. The summed E-state index contributed by atoms with van der Waals surface area (Å²) in [6, 6.07) is 10.8. The van der Waals surface area contributed by atoms with Gasteiger partial charge in [0.05, 0.1) is 0 Å². The van der Waals surface area contributed by atoms with E-state index in [0.717, 1.165) is 30.3 Å². The summed E-state index contributed by atoms with van der Waals surface area (Å²) in [5.41, 5.74) is 0.485. The number of phenols is 8. The van der Waals surface area contributed by atoms with E-state index >= 15 is 0 Å². The second-order valence-corrected chi connectivity index (χ2v) is 10.5. The summed E-state index contributed by atoms with van der Waals surface area (Å²) in [5, 5.41) is 114. The quantitative estimate of drug-likeness (QED) is 0.153. The summed E-state index contributed by atoms with van der Waals surface area (Å²) in [4.78, 5) is 0. The summed E-state index contributed by atoms with van der Waals surface area (Å²) in [6.07, 6.45) is -7.40. The first-order valence-electron chi connectivity index (χ1n) is 12.9. The highest BCUT2D eigenvalue weighted by atomic mass is 16.5. The predicted octanol–water partition coefficient (Wildman–Crippen LogP) is 2.49. The molecule has 11 N–H and O–H groups in total.